The molecule has 1 aliphatic carbocycles. The fourth-order valence-corrected chi connectivity index (χ4v) is 4.90. The van der Waals surface area contributed by atoms with Crippen molar-refractivity contribution >= 4 is 18.0 Å². The van der Waals surface area contributed by atoms with E-state index in [4.69, 9.17) is 9.84 Å². The lowest BCUT2D eigenvalue weighted by atomic mass is 9.94. The van der Waals surface area contributed by atoms with Crippen molar-refractivity contribution in [3.63, 3.8) is 0 Å². The lowest BCUT2D eigenvalue weighted by molar-refractivity contribution is -0.176. The van der Waals surface area contributed by atoms with E-state index in [1.54, 1.807) is 5.32 Å². The maximum absolute atomic E-state index is 13.7. The van der Waals surface area contributed by atoms with Crippen LogP contribution in [0, 0.1) is 5.92 Å². The molecule has 0 saturated carbocycles. The highest BCUT2D eigenvalue weighted by molar-refractivity contribution is 5.87. The number of nitrogens with one attached hydrogen (secondary N) is 1. The van der Waals surface area contributed by atoms with E-state index in [2.05, 4.69) is 0 Å². The number of nitrogens with zero attached hydrogens (tertiary/aromatic N) is 1. The number of piperidine rings is 1. The maximum Gasteiger partial charge on any atom is 0.417 e. The van der Waals surface area contributed by atoms with Crippen LogP contribution >= 0.6 is 0 Å². The molecule has 2 aliphatic rings. The minimum absolute atomic E-state index is 0.0634. The summed E-state index contributed by atoms with van der Waals surface area (Å²) in [5, 5.41) is 10.7. The Balaban J connectivity index is 1.43. The number of rotatable bonds is 6. The highest BCUT2D eigenvalue weighted by atomic mass is 19.4. The first-order valence-corrected chi connectivity index (χ1v) is 11.3. The summed E-state index contributed by atoms with van der Waals surface area (Å²) in [6, 6.07) is 12.3. The molecule has 2 aromatic carbocycles. The third-order valence-electron chi connectivity index (χ3n) is 6.47. The van der Waals surface area contributed by atoms with Gasteiger partial charge in [0.05, 0.1) is 0 Å². The molecular weight excluding hydrogens is 465 g/mol. The first kappa shape index (κ1) is 24.6. The van der Waals surface area contributed by atoms with Gasteiger partial charge in [-0.25, -0.2) is 4.79 Å². The SMILES string of the molecule is O=C(O)CC1CCCN(C(=O)C(NC(=O)OCC2c3ccccc3-c3ccccc32)C(F)(F)F)C1. The maximum atomic E-state index is 13.7. The van der Waals surface area contributed by atoms with Gasteiger partial charge < -0.3 is 20.1 Å². The summed E-state index contributed by atoms with van der Waals surface area (Å²) >= 11 is 0. The van der Waals surface area contributed by atoms with Gasteiger partial charge in [-0.1, -0.05) is 48.5 Å². The van der Waals surface area contributed by atoms with E-state index in [9.17, 15) is 27.6 Å². The molecule has 0 bridgehead atoms. The minimum Gasteiger partial charge on any atom is -0.481 e. The number of hydrogen-bond acceptors (Lipinski definition) is 4. The number of ether oxygens (including phenoxy) is 1. The zero-order chi connectivity index (χ0) is 25.2. The zero-order valence-corrected chi connectivity index (χ0v) is 18.8. The molecule has 2 atom stereocenters. The molecule has 35 heavy (non-hydrogen) atoms. The number of carboxylic acid groups (broad SMARTS) is 1. The van der Waals surface area contributed by atoms with Gasteiger partial charge in [0.15, 0.2) is 0 Å². The van der Waals surface area contributed by atoms with E-state index < -0.39 is 36.1 Å². The van der Waals surface area contributed by atoms with E-state index in [1.807, 2.05) is 48.5 Å². The number of carboxylic acids is 1. The molecule has 1 aliphatic heterocycles. The van der Waals surface area contributed by atoms with E-state index in [1.165, 1.54) is 0 Å². The fourth-order valence-electron chi connectivity index (χ4n) is 4.90. The third-order valence-corrected chi connectivity index (χ3v) is 6.47. The Morgan fingerprint density at radius 1 is 1.06 bits per heavy atom. The molecule has 4 rings (SSSR count). The Hall–Kier alpha value is -3.56. The molecule has 2 N–H and O–H groups in total. The second kappa shape index (κ2) is 9.97. The summed E-state index contributed by atoms with van der Waals surface area (Å²) in [6.07, 6.45) is -5.73. The summed E-state index contributed by atoms with van der Waals surface area (Å²) in [4.78, 5) is 37.0. The average molecular weight is 490 g/mol. The number of carbonyl (C=O) groups excluding carboxylic acids is 2. The second-order valence-corrected chi connectivity index (χ2v) is 8.83. The molecule has 0 spiro atoms. The van der Waals surface area contributed by atoms with Gasteiger partial charge in [0.2, 0.25) is 6.04 Å². The van der Waals surface area contributed by atoms with Crippen molar-refractivity contribution in [3.8, 4) is 11.1 Å². The Bertz CT molecular complexity index is 1070. The summed E-state index contributed by atoms with van der Waals surface area (Å²) in [7, 11) is 0. The van der Waals surface area contributed by atoms with Crippen molar-refractivity contribution in [2.75, 3.05) is 19.7 Å². The quantitative estimate of drug-likeness (QED) is 0.634. The summed E-state index contributed by atoms with van der Waals surface area (Å²) in [6.45, 7) is -0.235. The number of carbonyl (C=O) groups is 3. The third kappa shape index (κ3) is 5.41. The smallest absolute Gasteiger partial charge is 0.417 e. The number of likely N-dealkylation sites (tertiary alicyclic amines) is 1. The number of amides is 2. The van der Waals surface area contributed by atoms with Gasteiger partial charge in [0.1, 0.15) is 6.61 Å². The predicted molar refractivity (Wildman–Crippen MR) is 120 cm³/mol. The molecule has 0 radical (unpaired) electrons. The van der Waals surface area contributed by atoms with Crippen LogP contribution < -0.4 is 5.32 Å². The van der Waals surface area contributed by atoms with E-state index in [0.717, 1.165) is 27.2 Å². The number of aliphatic carboxylic acids is 1. The number of benzene rings is 2. The average Bonchev–Trinajstić information content (AvgIpc) is 3.13. The lowest BCUT2D eigenvalue weighted by Gasteiger charge is -2.35. The molecular formula is C25H25F3N2O5. The summed E-state index contributed by atoms with van der Waals surface area (Å²) < 4.78 is 46.3. The molecule has 1 fully saturated rings. The monoisotopic (exact) mass is 490 g/mol. The van der Waals surface area contributed by atoms with Gasteiger partial charge in [0, 0.05) is 25.4 Å². The molecule has 0 aromatic heterocycles. The van der Waals surface area contributed by atoms with Crippen molar-refractivity contribution in [2.24, 2.45) is 5.92 Å². The van der Waals surface area contributed by atoms with Gasteiger partial charge in [-0.15, -0.1) is 0 Å². The minimum atomic E-state index is -5.04. The molecule has 1 heterocycles. The van der Waals surface area contributed by atoms with Crippen molar-refractivity contribution in [1.82, 2.24) is 10.2 Å². The largest absolute Gasteiger partial charge is 0.481 e. The summed E-state index contributed by atoms with van der Waals surface area (Å²) in [5.74, 6) is -3.17. The normalized spacial score (nSPS) is 18.4. The summed E-state index contributed by atoms with van der Waals surface area (Å²) in [5.41, 5.74) is 3.76. The van der Waals surface area contributed by atoms with Crippen LogP contribution in [-0.2, 0) is 14.3 Å². The molecule has 2 amide bonds. The van der Waals surface area contributed by atoms with Crippen LogP contribution in [0.2, 0.25) is 0 Å². The number of alkyl carbamates (subject to hydrolysis) is 1. The molecule has 2 unspecified atom stereocenters. The van der Waals surface area contributed by atoms with Gasteiger partial charge in [-0.05, 0) is 41.0 Å². The highest BCUT2D eigenvalue weighted by Crippen LogP contribution is 2.44. The van der Waals surface area contributed by atoms with Crippen molar-refractivity contribution in [2.45, 2.75) is 37.4 Å². The van der Waals surface area contributed by atoms with Crippen LogP contribution in [0.1, 0.15) is 36.3 Å². The molecule has 2 aromatic rings. The Labute approximate surface area is 199 Å². The van der Waals surface area contributed by atoms with Crippen LogP contribution in [0.4, 0.5) is 18.0 Å². The Morgan fingerprint density at radius 2 is 1.66 bits per heavy atom. The Kier molecular flexibility index (Phi) is 7.00. The van der Waals surface area contributed by atoms with Crippen LogP contribution in [0.25, 0.3) is 11.1 Å². The van der Waals surface area contributed by atoms with Gasteiger partial charge in [0.25, 0.3) is 5.91 Å². The second-order valence-electron chi connectivity index (χ2n) is 8.83. The first-order valence-electron chi connectivity index (χ1n) is 11.3. The van der Waals surface area contributed by atoms with E-state index >= 15 is 0 Å². The van der Waals surface area contributed by atoms with Gasteiger partial charge >= 0.3 is 18.2 Å². The van der Waals surface area contributed by atoms with Crippen molar-refractivity contribution < 1.29 is 37.4 Å². The van der Waals surface area contributed by atoms with E-state index in [-0.39, 0.29) is 32.0 Å². The highest BCUT2D eigenvalue weighted by Gasteiger charge is 2.48. The van der Waals surface area contributed by atoms with Gasteiger partial charge in [-0.3, -0.25) is 9.59 Å². The first-order chi connectivity index (χ1) is 16.6. The topological polar surface area (TPSA) is 95.9 Å². The number of halogens is 3. The fraction of sp³-hybridized carbons (Fsp3) is 0.400. The van der Waals surface area contributed by atoms with E-state index in [0.29, 0.717) is 12.8 Å². The molecule has 10 heteroatoms. The standard InChI is InChI=1S/C25H25F3N2O5/c26-25(27,28)22(23(33)30-11-5-6-15(13-30)12-21(31)32)29-24(34)35-14-20-18-9-3-1-7-16(18)17-8-2-4-10-19(17)20/h1-4,7-10,15,20,22H,5-6,11-14H2,(H,29,34)(H,31,32). The number of hydrogen-bond donors (Lipinski definition) is 2. The molecule has 1 saturated heterocycles. The van der Waals surface area contributed by atoms with Crippen molar-refractivity contribution in [3.05, 3.63) is 59.7 Å². The lowest BCUT2D eigenvalue weighted by Crippen LogP contribution is -2.57. The predicted octanol–water partition coefficient (Wildman–Crippen LogP) is 4.17. The number of fused-ring (bicyclic) bond motifs is 3. The van der Waals surface area contributed by atoms with Crippen LogP contribution in [-0.4, -0.2) is 59.9 Å². The van der Waals surface area contributed by atoms with Crippen LogP contribution in [0.15, 0.2) is 48.5 Å². The molecule has 186 valence electrons. The Morgan fingerprint density at radius 3 is 2.23 bits per heavy atom. The van der Waals surface area contributed by atoms with Crippen molar-refractivity contribution in [1.29, 1.82) is 0 Å². The van der Waals surface area contributed by atoms with Crippen LogP contribution in [0.3, 0.4) is 0 Å². The molecule has 7 nitrogen and oxygen atoms in total. The number of alkyl halides is 3. The van der Waals surface area contributed by atoms with Crippen LogP contribution in [0.5, 0.6) is 0 Å². The van der Waals surface area contributed by atoms with Gasteiger partial charge in [-0.2, -0.15) is 13.2 Å². The zero-order valence-electron chi connectivity index (χ0n) is 18.8.